The van der Waals surface area contributed by atoms with Gasteiger partial charge in [-0.2, -0.15) is 0 Å². The van der Waals surface area contributed by atoms with Crippen LogP contribution in [-0.4, -0.2) is 22.6 Å². The normalized spacial score (nSPS) is 23.7. The summed E-state index contributed by atoms with van der Waals surface area (Å²) in [5.41, 5.74) is 0. The van der Waals surface area contributed by atoms with Crippen molar-refractivity contribution in [3.05, 3.63) is 12.4 Å². The van der Waals surface area contributed by atoms with Crippen LogP contribution in [0.25, 0.3) is 0 Å². The first-order valence-corrected chi connectivity index (χ1v) is 7.10. The average molecular weight is 248 g/mol. The van der Waals surface area contributed by atoms with Crippen LogP contribution in [0.15, 0.2) is 12.4 Å². The molecule has 0 radical (unpaired) electrons. The van der Waals surface area contributed by atoms with Crippen LogP contribution in [0.1, 0.15) is 46.0 Å². The molecule has 2 unspecified atom stereocenters. The van der Waals surface area contributed by atoms with E-state index >= 15 is 0 Å². The van der Waals surface area contributed by atoms with Crippen LogP contribution >= 0.6 is 0 Å². The maximum absolute atomic E-state index is 4.54. The molecule has 2 rings (SSSR count). The van der Waals surface area contributed by atoms with Gasteiger partial charge < -0.3 is 10.6 Å². The summed E-state index contributed by atoms with van der Waals surface area (Å²) in [6, 6.07) is 0.560. The van der Waals surface area contributed by atoms with Crippen LogP contribution in [-0.2, 0) is 0 Å². The molecular weight excluding hydrogens is 224 g/mol. The molecule has 2 N–H and O–H groups in total. The number of hydrogen-bond donors (Lipinski definition) is 2. The minimum atomic E-state index is 0.560. The highest BCUT2D eigenvalue weighted by Crippen LogP contribution is 2.25. The van der Waals surface area contributed by atoms with Gasteiger partial charge in [0.15, 0.2) is 0 Å². The zero-order valence-corrected chi connectivity index (χ0v) is 11.4. The van der Waals surface area contributed by atoms with E-state index in [0.717, 1.165) is 30.5 Å². The van der Waals surface area contributed by atoms with Gasteiger partial charge in [0.25, 0.3) is 0 Å². The molecule has 4 heteroatoms. The molecule has 1 aliphatic carbocycles. The van der Waals surface area contributed by atoms with E-state index in [-0.39, 0.29) is 0 Å². The molecule has 18 heavy (non-hydrogen) atoms. The molecule has 0 saturated heterocycles. The van der Waals surface area contributed by atoms with Crippen LogP contribution in [0.5, 0.6) is 0 Å². The lowest BCUT2D eigenvalue weighted by atomic mass is 9.87. The van der Waals surface area contributed by atoms with E-state index in [1.165, 1.54) is 25.7 Å². The summed E-state index contributed by atoms with van der Waals surface area (Å²) in [6.45, 7) is 5.42. The minimum absolute atomic E-state index is 0.560. The Kier molecular flexibility index (Phi) is 4.79. The smallest absolute Gasteiger partial charge is 0.147 e. The Balaban J connectivity index is 1.91. The van der Waals surface area contributed by atoms with Crippen LogP contribution in [0.2, 0.25) is 0 Å². The summed E-state index contributed by atoms with van der Waals surface area (Å²) >= 11 is 0. The topological polar surface area (TPSA) is 49.8 Å². The number of nitrogens with zero attached hydrogens (tertiary/aromatic N) is 2. The molecule has 2 atom stereocenters. The Morgan fingerprint density at radius 3 is 2.89 bits per heavy atom. The van der Waals surface area contributed by atoms with Crippen molar-refractivity contribution in [3.63, 3.8) is 0 Å². The van der Waals surface area contributed by atoms with Gasteiger partial charge in [-0.1, -0.05) is 26.7 Å². The van der Waals surface area contributed by atoms with Gasteiger partial charge in [-0.15, -0.1) is 0 Å². The number of rotatable bonds is 5. The molecular formula is C14H24N4. The van der Waals surface area contributed by atoms with Gasteiger partial charge in [0.2, 0.25) is 0 Å². The lowest BCUT2D eigenvalue weighted by Gasteiger charge is -2.27. The Bertz CT molecular complexity index is 367. The second-order valence-corrected chi connectivity index (χ2v) is 5.33. The third-order valence-corrected chi connectivity index (χ3v) is 3.48. The summed E-state index contributed by atoms with van der Waals surface area (Å²) < 4.78 is 0. The molecule has 0 aromatic carbocycles. The molecule has 1 heterocycles. The maximum Gasteiger partial charge on any atom is 0.147 e. The summed E-state index contributed by atoms with van der Waals surface area (Å²) in [6.07, 6.45) is 9.87. The lowest BCUT2D eigenvalue weighted by Crippen LogP contribution is -2.26. The van der Waals surface area contributed by atoms with Gasteiger partial charge in [0.05, 0.1) is 12.4 Å². The van der Waals surface area contributed by atoms with E-state index in [2.05, 4.69) is 34.4 Å². The highest BCUT2D eigenvalue weighted by atomic mass is 15.1. The third-order valence-electron chi connectivity index (χ3n) is 3.48. The van der Waals surface area contributed by atoms with Gasteiger partial charge in [-0.05, 0) is 25.2 Å². The summed E-state index contributed by atoms with van der Waals surface area (Å²) in [5.74, 6) is 2.59. The zero-order valence-electron chi connectivity index (χ0n) is 11.4. The van der Waals surface area contributed by atoms with Crippen molar-refractivity contribution < 1.29 is 0 Å². The van der Waals surface area contributed by atoms with Crippen molar-refractivity contribution in [2.24, 2.45) is 5.92 Å². The van der Waals surface area contributed by atoms with Crippen molar-refractivity contribution in [3.8, 4) is 0 Å². The van der Waals surface area contributed by atoms with Crippen LogP contribution in [0.4, 0.5) is 11.6 Å². The molecule has 4 nitrogen and oxygen atoms in total. The predicted molar refractivity (Wildman–Crippen MR) is 75.9 cm³/mol. The second-order valence-electron chi connectivity index (χ2n) is 5.33. The zero-order chi connectivity index (χ0) is 12.8. The highest BCUT2D eigenvalue weighted by Gasteiger charge is 2.18. The van der Waals surface area contributed by atoms with Crippen molar-refractivity contribution in [1.82, 2.24) is 9.97 Å². The monoisotopic (exact) mass is 248 g/mol. The summed E-state index contributed by atoms with van der Waals surface area (Å²) in [5, 5.41) is 6.78. The molecule has 1 aliphatic rings. The SMILES string of the molecule is CCCNc1cncc(NC2CCCC(C)C2)n1. The Morgan fingerprint density at radius 1 is 1.28 bits per heavy atom. The van der Waals surface area contributed by atoms with Crippen molar-refractivity contribution in [2.75, 3.05) is 17.2 Å². The Hall–Kier alpha value is -1.32. The van der Waals surface area contributed by atoms with Crippen LogP contribution in [0, 0.1) is 5.92 Å². The molecule has 1 aromatic heterocycles. The Morgan fingerprint density at radius 2 is 2.11 bits per heavy atom. The van der Waals surface area contributed by atoms with Gasteiger partial charge in [0, 0.05) is 12.6 Å². The highest BCUT2D eigenvalue weighted by molar-refractivity contribution is 5.42. The fourth-order valence-corrected chi connectivity index (χ4v) is 2.55. The van der Waals surface area contributed by atoms with E-state index < -0.39 is 0 Å². The van der Waals surface area contributed by atoms with E-state index in [1.807, 2.05) is 6.20 Å². The standard InChI is InChI=1S/C14H24N4/c1-3-7-16-13-9-15-10-14(18-13)17-12-6-4-5-11(2)8-12/h9-12H,3-8H2,1-2H3,(H2,16,17,18). The van der Waals surface area contributed by atoms with E-state index in [4.69, 9.17) is 0 Å². The molecule has 100 valence electrons. The molecule has 0 bridgehead atoms. The maximum atomic E-state index is 4.54. The molecule has 0 amide bonds. The molecule has 0 aliphatic heterocycles. The lowest BCUT2D eigenvalue weighted by molar-refractivity contribution is 0.358. The quantitative estimate of drug-likeness (QED) is 0.839. The van der Waals surface area contributed by atoms with E-state index in [1.54, 1.807) is 6.20 Å². The fraction of sp³-hybridized carbons (Fsp3) is 0.714. The van der Waals surface area contributed by atoms with Crippen LogP contribution < -0.4 is 10.6 Å². The van der Waals surface area contributed by atoms with Gasteiger partial charge in [-0.3, -0.25) is 4.98 Å². The fourth-order valence-electron chi connectivity index (χ4n) is 2.55. The first-order chi connectivity index (χ1) is 8.78. The number of anilines is 2. The first kappa shape index (κ1) is 13.1. The summed E-state index contributed by atoms with van der Waals surface area (Å²) in [7, 11) is 0. The van der Waals surface area contributed by atoms with Crippen molar-refractivity contribution in [1.29, 1.82) is 0 Å². The molecule has 1 fully saturated rings. The molecule has 1 saturated carbocycles. The van der Waals surface area contributed by atoms with Gasteiger partial charge >= 0.3 is 0 Å². The first-order valence-electron chi connectivity index (χ1n) is 7.10. The number of nitrogens with one attached hydrogen (secondary N) is 2. The molecule has 1 aromatic rings. The van der Waals surface area contributed by atoms with Gasteiger partial charge in [0.1, 0.15) is 11.6 Å². The Labute approximate surface area is 110 Å². The van der Waals surface area contributed by atoms with E-state index in [9.17, 15) is 0 Å². The van der Waals surface area contributed by atoms with E-state index in [0.29, 0.717) is 6.04 Å². The molecule has 0 spiro atoms. The largest absolute Gasteiger partial charge is 0.369 e. The summed E-state index contributed by atoms with van der Waals surface area (Å²) in [4.78, 5) is 8.78. The number of aromatic nitrogens is 2. The third kappa shape index (κ3) is 3.86. The minimum Gasteiger partial charge on any atom is -0.369 e. The van der Waals surface area contributed by atoms with Gasteiger partial charge in [-0.25, -0.2) is 4.98 Å². The van der Waals surface area contributed by atoms with Crippen molar-refractivity contribution >= 4 is 11.6 Å². The van der Waals surface area contributed by atoms with Crippen molar-refractivity contribution in [2.45, 2.75) is 52.0 Å². The second kappa shape index (κ2) is 6.57. The number of hydrogen-bond acceptors (Lipinski definition) is 4. The average Bonchev–Trinajstić information content (AvgIpc) is 2.37. The van der Waals surface area contributed by atoms with Crippen LogP contribution in [0.3, 0.4) is 0 Å². The predicted octanol–water partition coefficient (Wildman–Crippen LogP) is 3.29.